The highest BCUT2D eigenvalue weighted by molar-refractivity contribution is 6.31. The molecule has 0 aromatic carbocycles. The number of aryl methyl sites for hydroxylation is 2. The summed E-state index contributed by atoms with van der Waals surface area (Å²) in [6.45, 7) is 1.93. The lowest BCUT2D eigenvalue weighted by molar-refractivity contribution is 0.386. The number of pyridine rings is 1. The van der Waals surface area contributed by atoms with Crippen LogP contribution in [-0.2, 0) is 13.0 Å². The van der Waals surface area contributed by atoms with Crippen LogP contribution < -0.4 is 0 Å². The van der Waals surface area contributed by atoms with Crippen molar-refractivity contribution in [3.05, 3.63) is 23.1 Å². The maximum atomic E-state index is 5.96. The first-order chi connectivity index (χ1) is 9.11. The summed E-state index contributed by atoms with van der Waals surface area (Å²) < 4.78 is 2.15. The van der Waals surface area contributed by atoms with Gasteiger partial charge in [0.1, 0.15) is 11.3 Å². The fraction of sp³-hybridized carbons (Fsp3) is 0.538. The van der Waals surface area contributed by atoms with Crippen LogP contribution in [0.5, 0.6) is 0 Å². The minimum absolute atomic E-state index is 0.560. The van der Waals surface area contributed by atoms with Gasteiger partial charge >= 0.3 is 0 Å². The number of hydrogen-bond acceptors (Lipinski definition) is 3. The van der Waals surface area contributed by atoms with Crippen molar-refractivity contribution in [1.29, 1.82) is 0 Å². The molecule has 0 amide bonds. The van der Waals surface area contributed by atoms with Crippen LogP contribution in [0.1, 0.15) is 12.2 Å². The first kappa shape index (κ1) is 14.6. The highest BCUT2D eigenvalue weighted by Crippen LogP contribution is 2.19. The molecule has 0 spiro atoms. The largest absolute Gasteiger partial charge is 0.313 e. The van der Waals surface area contributed by atoms with E-state index >= 15 is 0 Å². The average Bonchev–Trinajstić information content (AvgIpc) is 2.66. The van der Waals surface area contributed by atoms with Gasteiger partial charge in [-0.2, -0.15) is 0 Å². The van der Waals surface area contributed by atoms with Gasteiger partial charge in [-0.05, 0) is 33.1 Å². The molecule has 2 aromatic rings. The second-order valence-corrected chi connectivity index (χ2v) is 5.59. The predicted octanol–water partition coefficient (Wildman–Crippen LogP) is 2.82. The first-order valence-corrected chi connectivity index (χ1v) is 7.24. The molecule has 104 valence electrons. The van der Waals surface area contributed by atoms with E-state index in [1.54, 1.807) is 6.20 Å². The van der Waals surface area contributed by atoms with Crippen molar-refractivity contribution in [2.24, 2.45) is 0 Å². The van der Waals surface area contributed by atoms with Gasteiger partial charge in [-0.3, -0.25) is 0 Å². The number of alkyl halides is 1. The normalized spacial score (nSPS) is 11.6. The van der Waals surface area contributed by atoms with Gasteiger partial charge in [0.25, 0.3) is 0 Å². The van der Waals surface area contributed by atoms with Gasteiger partial charge in [-0.25, -0.2) is 9.97 Å². The Morgan fingerprint density at radius 1 is 1.37 bits per heavy atom. The van der Waals surface area contributed by atoms with Crippen molar-refractivity contribution < 1.29 is 0 Å². The van der Waals surface area contributed by atoms with E-state index in [9.17, 15) is 0 Å². The van der Waals surface area contributed by atoms with Gasteiger partial charge in [-0.15, -0.1) is 11.6 Å². The Balaban J connectivity index is 2.29. The van der Waals surface area contributed by atoms with Crippen molar-refractivity contribution in [2.75, 3.05) is 26.5 Å². The lowest BCUT2D eigenvalue weighted by Gasteiger charge is -2.11. The van der Waals surface area contributed by atoms with E-state index in [1.165, 1.54) is 0 Å². The zero-order valence-electron chi connectivity index (χ0n) is 11.2. The second-order valence-electron chi connectivity index (χ2n) is 4.77. The lowest BCUT2D eigenvalue weighted by Crippen LogP contribution is -2.16. The SMILES string of the molecule is CN(C)CCCn1c(CCCl)nc2cc(Cl)cnc21. The molecule has 0 saturated heterocycles. The Morgan fingerprint density at radius 3 is 2.84 bits per heavy atom. The van der Waals surface area contributed by atoms with Crippen LogP contribution in [0.3, 0.4) is 0 Å². The highest BCUT2D eigenvalue weighted by Gasteiger charge is 2.11. The van der Waals surface area contributed by atoms with E-state index in [0.29, 0.717) is 10.9 Å². The summed E-state index contributed by atoms with van der Waals surface area (Å²) in [7, 11) is 4.15. The molecular formula is C13H18Cl2N4. The maximum absolute atomic E-state index is 5.96. The summed E-state index contributed by atoms with van der Waals surface area (Å²) in [6.07, 6.45) is 3.47. The lowest BCUT2D eigenvalue weighted by atomic mass is 10.3. The Bertz CT molecular complexity index is 551. The van der Waals surface area contributed by atoms with E-state index in [4.69, 9.17) is 23.2 Å². The van der Waals surface area contributed by atoms with Crippen LogP contribution in [0.15, 0.2) is 12.3 Å². The fourth-order valence-corrected chi connectivity index (χ4v) is 2.41. The average molecular weight is 301 g/mol. The van der Waals surface area contributed by atoms with Crippen molar-refractivity contribution in [3.8, 4) is 0 Å². The molecule has 2 aromatic heterocycles. The Morgan fingerprint density at radius 2 is 2.16 bits per heavy atom. The van der Waals surface area contributed by atoms with E-state index in [1.807, 2.05) is 6.07 Å². The molecule has 6 heteroatoms. The van der Waals surface area contributed by atoms with E-state index in [0.717, 1.165) is 42.9 Å². The fourth-order valence-electron chi connectivity index (χ4n) is 2.09. The van der Waals surface area contributed by atoms with Crippen molar-refractivity contribution in [1.82, 2.24) is 19.4 Å². The molecule has 0 aliphatic rings. The van der Waals surface area contributed by atoms with Gasteiger partial charge < -0.3 is 9.47 Å². The van der Waals surface area contributed by atoms with Crippen LogP contribution >= 0.6 is 23.2 Å². The van der Waals surface area contributed by atoms with E-state index in [-0.39, 0.29) is 0 Å². The monoisotopic (exact) mass is 300 g/mol. The molecule has 0 atom stereocenters. The molecule has 0 saturated carbocycles. The number of hydrogen-bond donors (Lipinski definition) is 0. The quantitative estimate of drug-likeness (QED) is 0.769. The molecule has 0 unspecified atom stereocenters. The summed E-state index contributed by atoms with van der Waals surface area (Å²) >= 11 is 11.8. The van der Waals surface area contributed by atoms with Crippen molar-refractivity contribution in [2.45, 2.75) is 19.4 Å². The highest BCUT2D eigenvalue weighted by atomic mass is 35.5. The van der Waals surface area contributed by atoms with E-state index < -0.39 is 0 Å². The molecule has 0 radical (unpaired) electrons. The number of nitrogens with zero attached hydrogens (tertiary/aromatic N) is 4. The van der Waals surface area contributed by atoms with Crippen LogP contribution in [0.4, 0.5) is 0 Å². The molecule has 0 bridgehead atoms. The molecule has 0 N–H and O–H groups in total. The second kappa shape index (κ2) is 6.55. The standard InChI is InChI=1S/C13H18Cl2N4/c1-18(2)6-3-7-19-12(4-5-14)17-11-8-10(15)9-16-13(11)19/h8-9H,3-7H2,1-2H3. The summed E-state index contributed by atoms with van der Waals surface area (Å²) in [5, 5.41) is 0.614. The number of halogens is 2. The van der Waals surface area contributed by atoms with Gasteiger partial charge in [0.15, 0.2) is 5.65 Å². The number of rotatable bonds is 6. The van der Waals surface area contributed by atoms with Crippen molar-refractivity contribution in [3.63, 3.8) is 0 Å². The zero-order chi connectivity index (χ0) is 13.8. The van der Waals surface area contributed by atoms with Crippen LogP contribution in [-0.4, -0.2) is 46.0 Å². The third-order valence-electron chi connectivity index (χ3n) is 2.94. The molecule has 2 heterocycles. The van der Waals surface area contributed by atoms with E-state index in [2.05, 4.69) is 33.5 Å². The predicted molar refractivity (Wildman–Crippen MR) is 80.1 cm³/mol. The number of fused-ring (bicyclic) bond motifs is 1. The van der Waals surface area contributed by atoms with Crippen LogP contribution in [0.25, 0.3) is 11.2 Å². The molecule has 4 nitrogen and oxygen atoms in total. The summed E-state index contributed by atoms with van der Waals surface area (Å²) in [5.74, 6) is 1.54. The maximum Gasteiger partial charge on any atom is 0.160 e. The van der Waals surface area contributed by atoms with Gasteiger partial charge in [0.2, 0.25) is 0 Å². The van der Waals surface area contributed by atoms with Gasteiger partial charge in [-0.1, -0.05) is 11.6 Å². The number of imidazole rings is 1. The molecular weight excluding hydrogens is 283 g/mol. The van der Waals surface area contributed by atoms with Gasteiger partial charge in [0, 0.05) is 25.0 Å². The smallest absolute Gasteiger partial charge is 0.160 e. The third kappa shape index (κ3) is 3.59. The zero-order valence-corrected chi connectivity index (χ0v) is 12.7. The minimum atomic E-state index is 0.560. The minimum Gasteiger partial charge on any atom is -0.313 e. The number of aromatic nitrogens is 3. The molecule has 19 heavy (non-hydrogen) atoms. The van der Waals surface area contributed by atoms with Crippen molar-refractivity contribution >= 4 is 34.4 Å². The Kier molecular flexibility index (Phi) is 5.02. The van der Waals surface area contributed by atoms with Crippen LogP contribution in [0, 0.1) is 0 Å². The molecule has 0 aliphatic carbocycles. The molecule has 2 rings (SSSR count). The third-order valence-corrected chi connectivity index (χ3v) is 3.33. The topological polar surface area (TPSA) is 34.0 Å². The summed E-state index contributed by atoms with van der Waals surface area (Å²) in [5.41, 5.74) is 1.74. The Hall–Kier alpha value is -0.840. The Labute approximate surface area is 123 Å². The summed E-state index contributed by atoms with van der Waals surface area (Å²) in [4.78, 5) is 11.1. The molecule has 0 fully saturated rings. The molecule has 0 aliphatic heterocycles. The first-order valence-electron chi connectivity index (χ1n) is 6.33. The summed E-state index contributed by atoms with van der Waals surface area (Å²) in [6, 6.07) is 1.85. The van der Waals surface area contributed by atoms with Gasteiger partial charge in [0.05, 0.1) is 5.02 Å². The van der Waals surface area contributed by atoms with Crippen LogP contribution in [0.2, 0.25) is 5.02 Å².